The van der Waals surface area contributed by atoms with E-state index in [9.17, 15) is 19.8 Å². The smallest absolute Gasteiger partial charge is 0.341 e. The Morgan fingerprint density at radius 3 is 2.74 bits per heavy atom. The van der Waals surface area contributed by atoms with Crippen molar-refractivity contribution < 1.29 is 19.7 Å². The Hall–Kier alpha value is -2.80. The summed E-state index contributed by atoms with van der Waals surface area (Å²) in [4.78, 5) is 23.9. The highest BCUT2D eigenvalue weighted by atomic mass is 16.5. The average molecular weight is 368 g/mol. The van der Waals surface area contributed by atoms with E-state index < -0.39 is 11.4 Å². The van der Waals surface area contributed by atoms with Crippen molar-refractivity contribution in [3.63, 3.8) is 0 Å². The van der Waals surface area contributed by atoms with Crippen LogP contribution in [0, 0.1) is 0 Å². The molecule has 1 spiro atoms. The van der Waals surface area contributed by atoms with E-state index in [1.54, 1.807) is 13.2 Å². The number of carboxylic acids is 1. The number of fused-ring (bicyclic) bond motifs is 7. The molecule has 7 nitrogen and oxygen atoms in total. The maximum Gasteiger partial charge on any atom is 0.341 e. The lowest BCUT2D eigenvalue weighted by molar-refractivity contribution is 0.0694. The summed E-state index contributed by atoms with van der Waals surface area (Å²) in [6.45, 7) is 0.259. The van der Waals surface area contributed by atoms with Crippen molar-refractivity contribution in [3.8, 4) is 17.0 Å². The molecule has 1 saturated heterocycles. The maximum atomic E-state index is 12.4. The van der Waals surface area contributed by atoms with Crippen molar-refractivity contribution >= 4 is 5.97 Å². The van der Waals surface area contributed by atoms with Gasteiger partial charge < -0.3 is 14.9 Å². The molecule has 27 heavy (non-hydrogen) atoms. The molecule has 1 saturated carbocycles. The standard InChI is InChI=1S/C20H20N2O5/c1-27-10-11-6-12-13(7-17(11)23)15-2-3-20(4-5-20)22(15)21-9-14(19(25)26)18(24)8-16(12)21/h6-9,15,23H,2-5,10H2,1H3,(H,25,26)/t15-/m1/s1. The number of hydrogen-bond acceptors (Lipinski definition) is 5. The number of phenolic OH excluding ortho intramolecular Hbond substituents is 1. The number of benzene rings is 1. The molecule has 140 valence electrons. The Morgan fingerprint density at radius 1 is 1.30 bits per heavy atom. The van der Waals surface area contributed by atoms with Crippen molar-refractivity contribution in [3.05, 3.63) is 51.3 Å². The summed E-state index contributed by atoms with van der Waals surface area (Å²) in [7, 11) is 1.56. The molecular weight excluding hydrogens is 348 g/mol. The minimum atomic E-state index is -1.22. The summed E-state index contributed by atoms with van der Waals surface area (Å²) >= 11 is 0. The first-order valence-corrected chi connectivity index (χ1v) is 9.10. The summed E-state index contributed by atoms with van der Waals surface area (Å²) in [6.07, 6.45) is 5.53. The Balaban J connectivity index is 1.80. The molecule has 1 aromatic carbocycles. The summed E-state index contributed by atoms with van der Waals surface area (Å²) < 4.78 is 7.04. The number of ether oxygens (including phenoxy) is 1. The molecule has 2 aromatic rings. The Labute approximate surface area is 155 Å². The predicted molar refractivity (Wildman–Crippen MR) is 97.6 cm³/mol. The summed E-state index contributed by atoms with van der Waals surface area (Å²) in [5.41, 5.74) is 2.45. The molecule has 2 N–H and O–H groups in total. The van der Waals surface area contributed by atoms with E-state index in [1.807, 2.05) is 10.7 Å². The van der Waals surface area contributed by atoms with Gasteiger partial charge in [-0.1, -0.05) is 0 Å². The Bertz CT molecular complexity index is 1040. The summed E-state index contributed by atoms with van der Waals surface area (Å²) in [5.74, 6) is -1.03. The summed E-state index contributed by atoms with van der Waals surface area (Å²) in [5, 5.41) is 22.1. The van der Waals surface area contributed by atoms with E-state index in [0.717, 1.165) is 36.8 Å². The number of rotatable bonds is 3. The minimum absolute atomic E-state index is 0.0305. The molecule has 0 amide bonds. The average Bonchev–Trinajstić information content (AvgIpc) is 3.30. The summed E-state index contributed by atoms with van der Waals surface area (Å²) in [6, 6.07) is 5.10. The number of methoxy groups -OCH3 is 1. The van der Waals surface area contributed by atoms with Crippen LogP contribution in [0.5, 0.6) is 5.75 Å². The lowest BCUT2D eigenvalue weighted by atomic mass is 9.92. The van der Waals surface area contributed by atoms with Gasteiger partial charge in [0.1, 0.15) is 11.3 Å². The van der Waals surface area contributed by atoms with E-state index >= 15 is 0 Å². The van der Waals surface area contributed by atoms with Crippen LogP contribution in [0.3, 0.4) is 0 Å². The zero-order chi connectivity index (χ0) is 18.9. The normalized spacial score (nSPS) is 20.9. The van der Waals surface area contributed by atoms with Crippen LogP contribution >= 0.6 is 0 Å². The predicted octanol–water partition coefficient (Wildman–Crippen LogP) is 2.38. The van der Waals surface area contributed by atoms with Gasteiger partial charge in [-0.15, -0.1) is 0 Å². The zero-order valence-corrected chi connectivity index (χ0v) is 14.9. The number of nitrogens with zero attached hydrogens (tertiary/aromatic N) is 2. The number of aromatic carboxylic acids is 1. The van der Waals surface area contributed by atoms with E-state index in [1.165, 1.54) is 12.3 Å². The number of phenols is 1. The van der Waals surface area contributed by atoms with Crippen LogP contribution in [0.1, 0.15) is 53.2 Å². The number of aromatic hydroxyl groups is 1. The molecule has 5 rings (SSSR count). The number of pyridine rings is 1. The van der Waals surface area contributed by atoms with Crippen molar-refractivity contribution in [2.75, 3.05) is 12.1 Å². The van der Waals surface area contributed by atoms with Crippen LogP contribution in [0.4, 0.5) is 0 Å². The first kappa shape index (κ1) is 16.4. The van der Waals surface area contributed by atoms with Gasteiger partial charge in [0.25, 0.3) is 0 Å². The largest absolute Gasteiger partial charge is 0.508 e. The van der Waals surface area contributed by atoms with Gasteiger partial charge in [0.05, 0.1) is 23.9 Å². The van der Waals surface area contributed by atoms with Crippen LogP contribution in [0.15, 0.2) is 29.2 Å². The SMILES string of the molecule is COCc1cc2c(cc1O)[C@H]1CCC3(CC3)N1n1cc(C(=O)O)c(=O)cc1-2. The van der Waals surface area contributed by atoms with Gasteiger partial charge in [0, 0.05) is 30.5 Å². The van der Waals surface area contributed by atoms with Crippen molar-refractivity contribution in [1.82, 2.24) is 4.68 Å². The van der Waals surface area contributed by atoms with Gasteiger partial charge in [-0.3, -0.25) is 14.5 Å². The highest BCUT2D eigenvalue weighted by Crippen LogP contribution is 2.58. The lowest BCUT2D eigenvalue weighted by Gasteiger charge is -2.41. The van der Waals surface area contributed by atoms with E-state index in [2.05, 4.69) is 5.01 Å². The molecule has 3 aliphatic rings. The van der Waals surface area contributed by atoms with Crippen molar-refractivity contribution in [2.24, 2.45) is 0 Å². The quantitative estimate of drug-likeness (QED) is 0.864. The van der Waals surface area contributed by atoms with Gasteiger partial charge in [0.15, 0.2) is 5.43 Å². The molecule has 7 heteroatoms. The Kier molecular flexibility index (Phi) is 3.25. The highest BCUT2D eigenvalue weighted by molar-refractivity contribution is 5.88. The van der Waals surface area contributed by atoms with E-state index in [0.29, 0.717) is 11.3 Å². The van der Waals surface area contributed by atoms with Crippen LogP contribution in [-0.4, -0.2) is 33.5 Å². The number of hydrogen-bond donors (Lipinski definition) is 2. The van der Waals surface area contributed by atoms with Crippen LogP contribution < -0.4 is 10.4 Å². The fraction of sp³-hybridized carbons (Fsp3) is 0.400. The first-order chi connectivity index (χ1) is 12.9. The van der Waals surface area contributed by atoms with Crippen LogP contribution in [-0.2, 0) is 11.3 Å². The third kappa shape index (κ3) is 2.18. The second-order valence-electron chi connectivity index (χ2n) is 7.71. The molecule has 0 bridgehead atoms. The second-order valence-corrected chi connectivity index (χ2v) is 7.71. The lowest BCUT2D eigenvalue weighted by Crippen LogP contribution is -2.46. The minimum Gasteiger partial charge on any atom is -0.508 e. The molecule has 2 fully saturated rings. The molecule has 0 unspecified atom stereocenters. The molecule has 2 aliphatic heterocycles. The van der Waals surface area contributed by atoms with Gasteiger partial charge in [-0.25, -0.2) is 4.79 Å². The number of carbonyl (C=O) groups is 1. The van der Waals surface area contributed by atoms with E-state index in [4.69, 9.17) is 4.74 Å². The zero-order valence-electron chi connectivity index (χ0n) is 14.9. The topological polar surface area (TPSA) is 92.0 Å². The van der Waals surface area contributed by atoms with E-state index in [-0.39, 0.29) is 29.5 Å². The van der Waals surface area contributed by atoms with Gasteiger partial charge in [0.2, 0.25) is 0 Å². The molecule has 1 atom stereocenters. The fourth-order valence-corrected chi connectivity index (χ4v) is 4.74. The third-order valence-corrected chi connectivity index (χ3v) is 6.17. The molecule has 1 aliphatic carbocycles. The maximum absolute atomic E-state index is 12.4. The molecule has 0 radical (unpaired) electrons. The number of aromatic nitrogens is 1. The fourth-order valence-electron chi connectivity index (χ4n) is 4.74. The first-order valence-electron chi connectivity index (χ1n) is 9.10. The number of carboxylic acid groups (broad SMARTS) is 1. The van der Waals surface area contributed by atoms with Crippen molar-refractivity contribution in [2.45, 2.75) is 43.9 Å². The second kappa shape index (κ2) is 5.36. The van der Waals surface area contributed by atoms with Crippen LogP contribution in [0.2, 0.25) is 0 Å². The molecule has 3 heterocycles. The van der Waals surface area contributed by atoms with Crippen molar-refractivity contribution in [1.29, 1.82) is 0 Å². The Morgan fingerprint density at radius 2 is 2.07 bits per heavy atom. The van der Waals surface area contributed by atoms with Gasteiger partial charge in [-0.2, -0.15) is 0 Å². The third-order valence-electron chi connectivity index (χ3n) is 6.17. The molecule has 1 aromatic heterocycles. The monoisotopic (exact) mass is 368 g/mol. The van der Waals surface area contributed by atoms with Crippen LogP contribution in [0.25, 0.3) is 11.3 Å². The highest BCUT2D eigenvalue weighted by Gasteiger charge is 2.57. The van der Waals surface area contributed by atoms with Gasteiger partial charge in [-0.05, 0) is 43.4 Å². The van der Waals surface area contributed by atoms with Gasteiger partial charge >= 0.3 is 5.97 Å². The molecular formula is C20H20N2O5.